The largest absolute Gasteiger partial charge is 0.393 e. The van der Waals surface area contributed by atoms with Gasteiger partial charge in [-0.2, -0.15) is 5.10 Å². The molecule has 0 amide bonds. The molecule has 0 aliphatic rings. The Morgan fingerprint density at radius 3 is 2.65 bits per heavy atom. The molecule has 0 saturated heterocycles. The Morgan fingerprint density at radius 1 is 1.35 bits per heavy atom. The zero-order chi connectivity index (χ0) is 12.8. The van der Waals surface area contributed by atoms with Gasteiger partial charge in [0.15, 0.2) is 0 Å². The van der Waals surface area contributed by atoms with Gasteiger partial charge >= 0.3 is 0 Å². The van der Waals surface area contributed by atoms with E-state index in [9.17, 15) is 5.11 Å². The summed E-state index contributed by atoms with van der Waals surface area (Å²) in [6.07, 6.45) is 3.48. The maximum absolute atomic E-state index is 9.93. The molecule has 2 unspecified atom stereocenters. The molecule has 1 heterocycles. The summed E-state index contributed by atoms with van der Waals surface area (Å²) in [4.78, 5) is 4.19. The first-order chi connectivity index (χ1) is 8.04. The highest BCUT2D eigenvalue weighted by molar-refractivity contribution is 4.89. The number of aliphatic hydroxyl groups excluding tert-OH is 1. The Bertz CT molecular complexity index is 325. The van der Waals surface area contributed by atoms with Crippen molar-refractivity contribution in [2.24, 2.45) is 0 Å². The van der Waals surface area contributed by atoms with Crippen LogP contribution in [0.5, 0.6) is 0 Å². The first kappa shape index (κ1) is 14.1. The number of aromatic nitrogens is 3. The van der Waals surface area contributed by atoms with Crippen LogP contribution in [-0.4, -0.2) is 39.2 Å². The molecule has 0 aromatic carbocycles. The van der Waals surface area contributed by atoms with E-state index in [0.717, 1.165) is 18.7 Å². The first-order valence-corrected chi connectivity index (χ1v) is 6.13. The van der Waals surface area contributed by atoms with Gasteiger partial charge in [0, 0.05) is 19.6 Å². The van der Waals surface area contributed by atoms with Crippen LogP contribution < -0.4 is 0 Å². The van der Waals surface area contributed by atoms with Crippen molar-refractivity contribution >= 4 is 0 Å². The molecule has 1 aromatic heterocycles. The quantitative estimate of drug-likeness (QED) is 0.787. The Labute approximate surface area is 103 Å². The van der Waals surface area contributed by atoms with Crippen LogP contribution in [0.15, 0.2) is 6.33 Å². The lowest BCUT2D eigenvalue weighted by molar-refractivity contribution is 0.0841. The molecule has 0 bridgehead atoms. The second-order valence-electron chi connectivity index (χ2n) is 4.70. The number of hydrogen-bond acceptors (Lipinski definition) is 4. The third kappa shape index (κ3) is 4.44. The average molecular weight is 241 g/mol. The van der Waals surface area contributed by atoms with Crippen molar-refractivity contribution in [3.05, 3.63) is 12.2 Å². The predicted molar refractivity (Wildman–Crippen MR) is 65.8 cm³/mol. The van der Waals surface area contributed by atoms with Crippen molar-refractivity contribution in [3.8, 4) is 0 Å². The van der Waals surface area contributed by atoms with Crippen molar-refractivity contribution in [3.63, 3.8) is 0 Å². The summed E-state index contributed by atoms with van der Waals surface area (Å²) >= 11 is 0. The van der Waals surface area contributed by atoms with Crippen LogP contribution in [0.4, 0.5) is 0 Å². The number of ether oxygens (including phenoxy) is 1. The third-order valence-corrected chi connectivity index (χ3v) is 2.86. The predicted octanol–water partition coefficient (Wildman–Crippen LogP) is 1.58. The van der Waals surface area contributed by atoms with Gasteiger partial charge in [-0.25, -0.2) is 9.67 Å². The van der Waals surface area contributed by atoms with Gasteiger partial charge in [0.1, 0.15) is 12.2 Å². The summed E-state index contributed by atoms with van der Waals surface area (Å²) < 4.78 is 7.00. The molecular formula is C12H23N3O2. The molecule has 1 rings (SSSR count). The molecule has 0 aliphatic carbocycles. The Hall–Kier alpha value is -0.940. The summed E-state index contributed by atoms with van der Waals surface area (Å²) in [5.74, 6) is 0.845. The van der Waals surface area contributed by atoms with Gasteiger partial charge in [-0.15, -0.1) is 0 Å². The molecule has 0 saturated carbocycles. The Kier molecular flexibility index (Phi) is 5.58. The van der Waals surface area contributed by atoms with E-state index in [1.54, 1.807) is 13.4 Å². The lowest BCUT2D eigenvalue weighted by Crippen LogP contribution is -2.18. The molecule has 17 heavy (non-hydrogen) atoms. The molecule has 5 heteroatoms. The van der Waals surface area contributed by atoms with E-state index in [2.05, 4.69) is 23.9 Å². The number of methoxy groups -OCH3 is 1. The molecule has 0 aliphatic heterocycles. The summed E-state index contributed by atoms with van der Waals surface area (Å²) in [7, 11) is 1.69. The summed E-state index contributed by atoms with van der Waals surface area (Å²) in [6, 6.07) is 0.276. The van der Waals surface area contributed by atoms with E-state index in [4.69, 9.17) is 4.74 Å². The van der Waals surface area contributed by atoms with Gasteiger partial charge in [-0.3, -0.25) is 0 Å². The fourth-order valence-corrected chi connectivity index (χ4v) is 1.71. The van der Waals surface area contributed by atoms with Gasteiger partial charge in [-0.05, 0) is 33.6 Å². The van der Waals surface area contributed by atoms with Gasteiger partial charge in [0.25, 0.3) is 0 Å². The standard InChI is InChI=1S/C12H23N3O2/c1-9(2)15-12(13-8-14-15)7-11(16)6-5-10(3)17-4/h8-11,16H,5-7H2,1-4H3. The molecule has 1 aromatic rings. The Morgan fingerprint density at radius 2 is 2.06 bits per heavy atom. The Balaban J connectivity index is 2.44. The van der Waals surface area contributed by atoms with E-state index in [-0.39, 0.29) is 18.2 Å². The average Bonchev–Trinajstić information content (AvgIpc) is 2.74. The summed E-state index contributed by atoms with van der Waals surface area (Å²) in [5.41, 5.74) is 0. The fraction of sp³-hybridized carbons (Fsp3) is 0.833. The van der Waals surface area contributed by atoms with Crippen LogP contribution in [0, 0.1) is 0 Å². The van der Waals surface area contributed by atoms with Crippen molar-refractivity contribution in [2.45, 2.75) is 58.3 Å². The number of hydrogen-bond donors (Lipinski definition) is 1. The second-order valence-corrected chi connectivity index (χ2v) is 4.70. The monoisotopic (exact) mass is 241 g/mol. The van der Waals surface area contributed by atoms with Gasteiger partial charge in [-0.1, -0.05) is 0 Å². The smallest absolute Gasteiger partial charge is 0.138 e. The molecule has 0 fully saturated rings. The normalized spacial score (nSPS) is 15.2. The van der Waals surface area contributed by atoms with E-state index >= 15 is 0 Å². The van der Waals surface area contributed by atoms with Crippen molar-refractivity contribution in [1.29, 1.82) is 0 Å². The van der Waals surface area contributed by atoms with Crippen LogP contribution in [0.1, 0.15) is 45.5 Å². The van der Waals surface area contributed by atoms with Crippen LogP contribution in [0.3, 0.4) is 0 Å². The molecule has 0 radical (unpaired) electrons. The minimum Gasteiger partial charge on any atom is -0.393 e. The van der Waals surface area contributed by atoms with Crippen molar-refractivity contribution in [2.75, 3.05) is 7.11 Å². The third-order valence-electron chi connectivity index (χ3n) is 2.86. The topological polar surface area (TPSA) is 60.2 Å². The van der Waals surface area contributed by atoms with Crippen molar-refractivity contribution in [1.82, 2.24) is 14.8 Å². The lowest BCUT2D eigenvalue weighted by Gasteiger charge is -2.15. The molecule has 1 N–H and O–H groups in total. The second kappa shape index (κ2) is 6.71. The first-order valence-electron chi connectivity index (χ1n) is 6.13. The van der Waals surface area contributed by atoms with Gasteiger partial charge in [0.05, 0.1) is 12.2 Å². The number of aliphatic hydroxyl groups is 1. The van der Waals surface area contributed by atoms with Crippen molar-refractivity contribution < 1.29 is 9.84 Å². The highest BCUT2D eigenvalue weighted by Gasteiger charge is 2.14. The zero-order valence-corrected chi connectivity index (χ0v) is 11.1. The van der Waals surface area contributed by atoms with Crippen LogP contribution in [-0.2, 0) is 11.2 Å². The summed E-state index contributed by atoms with van der Waals surface area (Å²) in [6.45, 7) is 6.11. The number of rotatable bonds is 7. The molecule has 5 nitrogen and oxygen atoms in total. The van der Waals surface area contributed by atoms with Crippen LogP contribution >= 0.6 is 0 Å². The van der Waals surface area contributed by atoms with Crippen LogP contribution in [0.2, 0.25) is 0 Å². The SMILES string of the molecule is COC(C)CCC(O)Cc1ncnn1C(C)C. The summed E-state index contributed by atoms with van der Waals surface area (Å²) in [5, 5.41) is 14.1. The van der Waals surface area contributed by atoms with E-state index < -0.39 is 0 Å². The van der Waals surface area contributed by atoms with E-state index in [1.165, 1.54) is 0 Å². The maximum Gasteiger partial charge on any atom is 0.138 e. The van der Waals surface area contributed by atoms with Gasteiger partial charge in [0.2, 0.25) is 0 Å². The lowest BCUT2D eigenvalue weighted by atomic mass is 10.1. The van der Waals surface area contributed by atoms with Crippen LogP contribution in [0.25, 0.3) is 0 Å². The minimum absolute atomic E-state index is 0.188. The molecule has 98 valence electrons. The molecule has 2 atom stereocenters. The van der Waals surface area contributed by atoms with E-state index in [1.807, 2.05) is 11.6 Å². The fourth-order valence-electron chi connectivity index (χ4n) is 1.71. The minimum atomic E-state index is -0.380. The van der Waals surface area contributed by atoms with Gasteiger partial charge < -0.3 is 9.84 Å². The maximum atomic E-state index is 9.93. The molecular weight excluding hydrogens is 218 g/mol. The molecule has 0 spiro atoms. The number of nitrogens with zero attached hydrogens (tertiary/aromatic N) is 3. The zero-order valence-electron chi connectivity index (χ0n) is 11.1. The highest BCUT2D eigenvalue weighted by Crippen LogP contribution is 2.11. The van der Waals surface area contributed by atoms with E-state index in [0.29, 0.717) is 6.42 Å². The highest BCUT2D eigenvalue weighted by atomic mass is 16.5.